The maximum absolute atomic E-state index is 13.5. The van der Waals surface area contributed by atoms with Crippen molar-refractivity contribution in [2.75, 3.05) is 53.6 Å². The van der Waals surface area contributed by atoms with E-state index in [2.05, 4.69) is 15.5 Å². The van der Waals surface area contributed by atoms with Crippen LogP contribution in [0.1, 0.15) is 53.1 Å². The molecule has 11 nitrogen and oxygen atoms in total. The molecule has 1 aromatic rings. The van der Waals surface area contributed by atoms with Crippen molar-refractivity contribution in [3.63, 3.8) is 0 Å². The first-order valence-corrected chi connectivity index (χ1v) is 13.4. The Morgan fingerprint density at radius 3 is 2.41 bits per heavy atom. The highest BCUT2D eigenvalue weighted by Crippen LogP contribution is 2.38. The quantitative estimate of drug-likeness (QED) is 0.483. The minimum absolute atomic E-state index is 0.0577. The molecule has 2 heterocycles. The number of rotatable bonds is 8. The van der Waals surface area contributed by atoms with Crippen molar-refractivity contribution in [2.45, 2.75) is 59.2 Å². The van der Waals surface area contributed by atoms with Crippen LogP contribution in [0.2, 0.25) is 0 Å². The van der Waals surface area contributed by atoms with Gasteiger partial charge in [-0.25, -0.2) is 14.4 Å². The number of piperazine rings is 1. The molecule has 1 saturated heterocycles. The van der Waals surface area contributed by atoms with Crippen LogP contribution in [0.25, 0.3) is 0 Å². The average Bonchev–Trinajstić information content (AvgIpc) is 2.87. The van der Waals surface area contributed by atoms with Gasteiger partial charge < -0.3 is 29.7 Å². The number of carbonyl (C=O) groups excluding carboxylic acids is 3. The fourth-order valence-corrected chi connectivity index (χ4v) is 5.03. The molecule has 39 heavy (non-hydrogen) atoms. The van der Waals surface area contributed by atoms with Gasteiger partial charge in [0.2, 0.25) is 0 Å². The number of carbonyl (C=O) groups is 3. The molecule has 2 aliphatic heterocycles. The number of nitrogens with one attached hydrogen (secondary N) is 2. The molecule has 0 saturated carbocycles. The zero-order chi connectivity index (χ0) is 28.9. The van der Waals surface area contributed by atoms with Gasteiger partial charge in [0.1, 0.15) is 11.5 Å². The Bertz CT molecular complexity index is 1100. The summed E-state index contributed by atoms with van der Waals surface area (Å²) >= 11 is 0. The highest BCUT2D eigenvalue weighted by molar-refractivity contribution is 5.95. The lowest BCUT2D eigenvalue weighted by molar-refractivity contribution is -0.139. The number of nitrogens with zero attached hydrogens (tertiary/aromatic N) is 3. The summed E-state index contributed by atoms with van der Waals surface area (Å²) in [7, 11) is 3.10. The van der Waals surface area contributed by atoms with Crippen molar-refractivity contribution in [1.82, 2.24) is 25.3 Å². The van der Waals surface area contributed by atoms with Gasteiger partial charge in [-0.3, -0.25) is 9.80 Å². The summed E-state index contributed by atoms with van der Waals surface area (Å²) in [4.78, 5) is 45.2. The summed E-state index contributed by atoms with van der Waals surface area (Å²) in [5.74, 6) is 0.583. The second kappa shape index (κ2) is 12.6. The molecular formula is C28H43N5O6. The first kappa shape index (κ1) is 30.1. The first-order chi connectivity index (χ1) is 18.4. The number of hydrogen-bond acceptors (Lipinski definition) is 7. The van der Waals surface area contributed by atoms with Crippen molar-refractivity contribution in [3.8, 4) is 11.5 Å². The topological polar surface area (TPSA) is 113 Å². The molecule has 1 aromatic carbocycles. The number of esters is 1. The van der Waals surface area contributed by atoms with Crippen molar-refractivity contribution in [2.24, 2.45) is 0 Å². The number of urea groups is 2. The maximum Gasteiger partial charge on any atom is 0.338 e. The lowest BCUT2D eigenvalue weighted by atomic mass is 9.93. The van der Waals surface area contributed by atoms with Crippen LogP contribution in [0.3, 0.4) is 0 Å². The number of amides is 4. The van der Waals surface area contributed by atoms with Crippen LogP contribution in [0.5, 0.6) is 11.5 Å². The van der Waals surface area contributed by atoms with E-state index in [0.717, 1.165) is 0 Å². The first-order valence-electron chi connectivity index (χ1n) is 13.4. The molecule has 0 spiro atoms. The third-order valence-electron chi connectivity index (χ3n) is 6.83. The molecule has 0 aromatic heterocycles. The molecular weight excluding hydrogens is 502 g/mol. The molecule has 0 unspecified atom stereocenters. The Morgan fingerprint density at radius 1 is 1.13 bits per heavy atom. The van der Waals surface area contributed by atoms with E-state index in [-0.39, 0.29) is 30.2 Å². The lowest BCUT2D eigenvalue weighted by Gasteiger charge is -2.43. The Kier molecular flexibility index (Phi) is 9.71. The van der Waals surface area contributed by atoms with E-state index in [1.165, 1.54) is 7.11 Å². The average molecular weight is 546 g/mol. The Balaban J connectivity index is 1.99. The van der Waals surface area contributed by atoms with Gasteiger partial charge in [0.15, 0.2) is 0 Å². The predicted octanol–water partition coefficient (Wildman–Crippen LogP) is 3.12. The van der Waals surface area contributed by atoms with E-state index in [0.29, 0.717) is 61.1 Å². The SMILES string of the molecule is CCOC(=O)C1=C(CN2CCN(C(=O)NC(C)(C)C)[C@@H](C)C2)N(CC)C(=O)N[C@@H]1c1ccc(OC)cc1OC. The van der Waals surface area contributed by atoms with Gasteiger partial charge in [-0.05, 0) is 53.7 Å². The van der Waals surface area contributed by atoms with Crippen molar-refractivity contribution in [1.29, 1.82) is 0 Å². The van der Waals surface area contributed by atoms with Crippen LogP contribution >= 0.6 is 0 Å². The van der Waals surface area contributed by atoms with Crippen LogP contribution in [0.15, 0.2) is 29.5 Å². The normalized spacial score (nSPS) is 20.5. The molecule has 0 radical (unpaired) electrons. The van der Waals surface area contributed by atoms with E-state index >= 15 is 0 Å². The second-order valence-corrected chi connectivity index (χ2v) is 10.8. The van der Waals surface area contributed by atoms with Gasteiger partial charge in [0, 0.05) is 61.6 Å². The molecule has 4 amide bonds. The minimum atomic E-state index is -0.772. The minimum Gasteiger partial charge on any atom is -0.497 e. The predicted molar refractivity (Wildman–Crippen MR) is 148 cm³/mol. The van der Waals surface area contributed by atoms with Gasteiger partial charge in [-0.1, -0.05) is 0 Å². The molecule has 1 fully saturated rings. The Hall–Kier alpha value is -3.47. The highest BCUT2D eigenvalue weighted by Gasteiger charge is 2.40. The zero-order valence-electron chi connectivity index (χ0n) is 24.4. The van der Waals surface area contributed by atoms with Gasteiger partial charge >= 0.3 is 18.0 Å². The summed E-state index contributed by atoms with van der Waals surface area (Å²) < 4.78 is 16.4. The fourth-order valence-electron chi connectivity index (χ4n) is 5.03. The second-order valence-electron chi connectivity index (χ2n) is 10.8. The van der Waals surface area contributed by atoms with Crippen LogP contribution < -0.4 is 20.1 Å². The standard InChI is InChI=1S/C28H43N5O6/c1-9-32-21(17-31-13-14-33(18(3)16-31)27(36)30-28(4,5)6)23(25(34)39-10-2)24(29-26(32)35)20-12-11-19(37-7)15-22(20)38-8/h11-12,15,18,24H,9-10,13-14,16-17H2,1-8H3,(H,29,35)(H,30,36)/t18-,24+/m0/s1. The largest absolute Gasteiger partial charge is 0.497 e. The van der Waals surface area contributed by atoms with E-state index in [1.807, 2.05) is 39.5 Å². The molecule has 2 aliphatic rings. The van der Waals surface area contributed by atoms with Crippen molar-refractivity contribution >= 4 is 18.0 Å². The fraction of sp³-hybridized carbons (Fsp3) is 0.607. The number of hydrogen-bond donors (Lipinski definition) is 2. The van der Waals surface area contributed by atoms with Gasteiger partial charge in [0.05, 0.1) is 32.4 Å². The van der Waals surface area contributed by atoms with Gasteiger partial charge in [0.25, 0.3) is 0 Å². The number of likely N-dealkylation sites (N-methyl/N-ethyl adjacent to an activating group) is 1. The van der Waals surface area contributed by atoms with E-state index in [4.69, 9.17) is 14.2 Å². The van der Waals surface area contributed by atoms with E-state index in [9.17, 15) is 14.4 Å². The van der Waals surface area contributed by atoms with Crippen molar-refractivity contribution < 1.29 is 28.6 Å². The van der Waals surface area contributed by atoms with Crippen LogP contribution in [0, 0.1) is 0 Å². The Morgan fingerprint density at radius 2 is 1.85 bits per heavy atom. The van der Waals surface area contributed by atoms with Gasteiger partial charge in [-0.2, -0.15) is 0 Å². The third-order valence-corrected chi connectivity index (χ3v) is 6.83. The Labute approximate surface area is 231 Å². The molecule has 3 rings (SSSR count). The molecule has 216 valence electrons. The van der Waals surface area contributed by atoms with E-state index < -0.39 is 12.0 Å². The highest BCUT2D eigenvalue weighted by atomic mass is 16.5. The number of methoxy groups -OCH3 is 2. The monoisotopic (exact) mass is 545 g/mol. The molecule has 0 bridgehead atoms. The summed E-state index contributed by atoms with van der Waals surface area (Å²) in [6, 6.07) is 4.04. The third kappa shape index (κ3) is 6.95. The zero-order valence-corrected chi connectivity index (χ0v) is 24.4. The molecule has 11 heteroatoms. The summed E-state index contributed by atoms with van der Waals surface area (Å²) in [5.41, 5.74) is 1.24. The van der Waals surface area contributed by atoms with Crippen LogP contribution in [-0.2, 0) is 9.53 Å². The molecule has 2 atom stereocenters. The van der Waals surface area contributed by atoms with E-state index in [1.54, 1.807) is 37.1 Å². The van der Waals surface area contributed by atoms with Crippen LogP contribution in [-0.4, -0.2) is 97.9 Å². The molecule has 0 aliphatic carbocycles. The summed E-state index contributed by atoms with van der Waals surface area (Å²) in [5, 5.41) is 6.02. The van der Waals surface area contributed by atoms with Gasteiger partial charge in [-0.15, -0.1) is 0 Å². The molecule has 2 N–H and O–H groups in total. The summed E-state index contributed by atoms with van der Waals surface area (Å²) in [6.07, 6.45) is 0. The number of ether oxygens (including phenoxy) is 3. The smallest absolute Gasteiger partial charge is 0.338 e. The van der Waals surface area contributed by atoms with Crippen molar-refractivity contribution in [3.05, 3.63) is 35.0 Å². The summed E-state index contributed by atoms with van der Waals surface area (Å²) in [6.45, 7) is 14.1. The maximum atomic E-state index is 13.5. The van der Waals surface area contributed by atoms with Crippen LogP contribution in [0.4, 0.5) is 9.59 Å². The lowest BCUT2D eigenvalue weighted by Crippen LogP contribution is -2.59. The number of benzene rings is 1.